The van der Waals surface area contributed by atoms with E-state index in [0.717, 1.165) is 16.7 Å². The van der Waals surface area contributed by atoms with Gasteiger partial charge < -0.3 is 10.1 Å². The SMILES string of the molecule is COCCNCc1nnnn1-c1cc(Cl)ccc1Br. The predicted octanol–water partition coefficient (Wildman–Crippen LogP) is 1.81. The van der Waals surface area contributed by atoms with Gasteiger partial charge in [-0.2, -0.15) is 4.68 Å². The van der Waals surface area contributed by atoms with Crippen LogP contribution in [0.5, 0.6) is 0 Å². The number of aromatic nitrogens is 4. The highest BCUT2D eigenvalue weighted by molar-refractivity contribution is 9.10. The van der Waals surface area contributed by atoms with E-state index in [1.54, 1.807) is 23.9 Å². The van der Waals surface area contributed by atoms with E-state index in [1.807, 2.05) is 6.07 Å². The molecule has 19 heavy (non-hydrogen) atoms. The maximum absolute atomic E-state index is 6.00. The summed E-state index contributed by atoms with van der Waals surface area (Å²) in [5, 5.41) is 15.5. The number of methoxy groups -OCH3 is 1. The summed E-state index contributed by atoms with van der Waals surface area (Å²) in [4.78, 5) is 0. The monoisotopic (exact) mass is 345 g/mol. The summed E-state index contributed by atoms with van der Waals surface area (Å²) in [6.07, 6.45) is 0. The number of rotatable bonds is 6. The fraction of sp³-hybridized carbons (Fsp3) is 0.364. The van der Waals surface area contributed by atoms with E-state index in [9.17, 15) is 0 Å². The van der Waals surface area contributed by atoms with Crippen molar-refractivity contribution in [3.63, 3.8) is 0 Å². The van der Waals surface area contributed by atoms with Gasteiger partial charge in [-0.15, -0.1) is 5.10 Å². The van der Waals surface area contributed by atoms with Crippen LogP contribution in [-0.2, 0) is 11.3 Å². The fourth-order valence-corrected chi connectivity index (χ4v) is 2.11. The highest BCUT2D eigenvalue weighted by Crippen LogP contribution is 2.24. The summed E-state index contributed by atoms with van der Waals surface area (Å²) in [6, 6.07) is 5.47. The van der Waals surface area contributed by atoms with Crippen molar-refractivity contribution in [2.45, 2.75) is 6.54 Å². The third-order valence-electron chi connectivity index (χ3n) is 2.44. The maximum Gasteiger partial charge on any atom is 0.170 e. The molecule has 0 radical (unpaired) electrons. The van der Waals surface area contributed by atoms with E-state index >= 15 is 0 Å². The number of hydrogen-bond acceptors (Lipinski definition) is 5. The number of hydrogen-bond donors (Lipinski definition) is 1. The Morgan fingerprint density at radius 1 is 1.47 bits per heavy atom. The lowest BCUT2D eigenvalue weighted by molar-refractivity contribution is 0.199. The normalized spacial score (nSPS) is 10.9. The molecule has 1 heterocycles. The Labute approximate surface area is 124 Å². The highest BCUT2D eigenvalue weighted by atomic mass is 79.9. The van der Waals surface area contributed by atoms with Crippen molar-refractivity contribution >= 4 is 27.5 Å². The van der Waals surface area contributed by atoms with Crippen LogP contribution in [0, 0.1) is 0 Å². The zero-order valence-corrected chi connectivity index (χ0v) is 12.6. The first-order valence-electron chi connectivity index (χ1n) is 5.64. The van der Waals surface area contributed by atoms with Crippen LogP contribution in [0.15, 0.2) is 22.7 Å². The van der Waals surface area contributed by atoms with E-state index in [-0.39, 0.29) is 0 Å². The van der Waals surface area contributed by atoms with Crippen molar-refractivity contribution in [1.29, 1.82) is 0 Å². The molecule has 102 valence electrons. The molecule has 0 bridgehead atoms. The molecular weight excluding hydrogens is 334 g/mol. The first-order chi connectivity index (χ1) is 9.22. The lowest BCUT2D eigenvalue weighted by Gasteiger charge is -2.08. The van der Waals surface area contributed by atoms with Crippen molar-refractivity contribution in [3.8, 4) is 5.69 Å². The summed E-state index contributed by atoms with van der Waals surface area (Å²) in [7, 11) is 1.66. The summed E-state index contributed by atoms with van der Waals surface area (Å²) >= 11 is 9.46. The molecule has 0 atom stereocenters. The van der Waals surface area contributed by atoms with E-state index in [2.05, 4.69) is 36.8 Å². The van der Waals surface area contributed by atoms with Gasteiger partial charge in [-0.05, 0) is 44.6 Å². The molecule has 0 aliphatic rings. The number of ether oxygens (including phenoxy) is 1. The highest BCUT2D eigenvalue weighted by Gasteiger charge is 2.11. The molecule has 0 spiro atoms. The fourth-order valence-electron chi connectivity index (χ4n) is 1.53. The van der Waals surface area contributed by atoms with Crippen LogP contribution in [0.25, 0.3) is 5.69 Å². The van der Waals surface area contributed by atoms with Crippen LogP contribution in [0.4, 0.5) is 0 Å². The Morgan fingerprint density at radius 3 is 3.11 bits per heavy atom. The maximum atomic E-state index is 6.00. The average molecular weight is 347 g/mol. The molecule has 0 unspecified atom stereocenters. The van der Waals surface area contributed by atoms with Gasteiger partial charge in [-0.1, -0.05) is 11.6 Å². The molecule has 1 N–H and O–H groups in total. The van der Waals surface area contributed by atoms with Gasteiger partial charge >= 0.3 is 0 Å². The third-order valence-corrected chi connectivity index (χ3v) is 3.34. The van der Waals surface area contributed by atoms with Gasteiger partial charge in [0.2, 0.25) is 0 Å². The van der Waals surface area contributed by atoms with Crippen LogP contribution < -0.4 is 5.32 Å². The Kier molecular flexibility index (Phi) is 5.26. The minimum Gasteiger partial charge on any atom is -0.383 e. The lowest BCUT2D eigenvalue weighted by atomic mass is 10.3. The van der Waals surface area contributed by atoms with E-state index in [0.29, 0.717) is 24.0 Å². The second kappa shape index (κ2) is 6.95. The van der Waals surface area contributed by atoms with E-state index < -0.39 is 0 Å². The molecule has 2 aromatic rings. The van der Waals surface area contributed by atoms with Crippen molar-refractivity contribution in [2.24, 2.45) is 0 Å². The van der Waals surface area contributed by atoms with Gasteiger partial charge in [0.25, 0.3) is 0 Å². The molecule has 8 heteroatoms. The van der Waals surface area contributed by atoms with Crippen molar-refractivity contribution in [2.75, 3.05) is 20.3 Å². The zero-order valence-electron chi connectivity index (χ0n) is 10.3. The van der Waals surface area contributed by atoms with Crippen molar-refractivity contribution < 1.29 is 4.74 Å². The predicted molar refractivity (Wildman–Crippen MR) is 75.4 cm³/mol. The number of tetrazole rings is 1. The van der Waals surface area contributed by atoms with E-state index in [4.69, 9.17) is 16.3 Å². The van der Waals surface area contributed by atoms with Gasteiger partial charge in [0.15, 0.2) is 5.82 Å². The van der Waals surface area contributed by atoms with Crippen LogP contribution in [-0.4, -0.2) is 40.5 Å². The van der Waals surface area contributed by atoms with Crippen molar-refractivity contribution in [1.82, 2.24) is 25.5 Å². The quantitative estimate of drug-likeness (QED) is 0.808. The Bertz CT molecular complexity index is 548. The minimum atomic E-state index is 0.551. The Hall–Kier alpha value is -1.02. The molecule has 0 fully saturated rings. The molecule has 2 rings (SSSR count). The molecule has 0 amide bonds. The minimum absolute atomic E-state index is 0.551. The third kappa shape index (κ3) is 3.73. The Balaban J connectivity index is 2.16. The molecular formula is C11H13BrClN5O. The smallest absolute Gasteiger partial charge is 0.170 e. The van der Waals surface area contributed by atoms with Crippen LogP contribution in [0.2, 0.25) is 5.02 Å². The number of halogens is 2. The zero-order chi connectivity index (χ0) is 13.7. The number of nitrogens with zero attached hydrogens (tertiary/aromatic N) is 4. The van der Waals surface area contributed by atoms with Gasteiger partial charge in [0.1, 0.15) is 0 Å². The van der Waals surface area contributed by atoms with E-state index in [1.165, 1.54) is 0 Å². The molecule has 0 saturated carbocycles. The summed E-state index contributed by atoms with van der Waals surface area (Å²) < 4.78 is 7.49. The summed E-state index contributed by atoms with van der Waals surface area (Å²) in [5.41, 5.74) is 0.807. The van der Waals surface area contributed by atoms with Gasteiger partial charge in [0, 0.05) is 23.1 Å². The number of nitrogens with one attached hydrogen (secondary N) is 1. The molecule has 0 aliphatic heterocycles. The van der Waals surface area contributed by atoms with Gasteiger partial charge in [0.05, 0.1) is 18.8 Å². The summed E-state index contributed by atoms with van der Waals surface area (Å²) in [5.74, 6) is 0.707. The van der Waals surface area contributed by atoms with Gasteiger partial charge in [-0.3, -0.25) is 0 Å². The first kappa shape index (κ1) is 14.4. The Morgan fingerprint density at radius 2 is 2.32 bits per heavy atom. The van der Waals surface area contributed by atoms with Gasteiger partial charge in [-0.25, -0.2) is 0 Å². The topological polar surface area (TPSA) is 64.9 Å². The van der Waals surface area contributed by atoms with Crippen LogP contribution >= 0.6 is 27.5 Å². The molecule has 1 aromatic carbocycles. The average Bonchev–Trinajstić information content (AvgIpc) is 2.86. The second-order valence-electron chi connectivity index (χ2n) is 3.77. The van der Waals surface area contributed by atoms with Crippen LogP contribution in [0.3, 0.4) is 0 Å². The second-order valence-corrected chi connectivity index (χ2v) is 5.06. The largest absolute Gasteiger partial charge is 0.383 e. The van der Waals surface area contributed by atoms with Crippen LogP contribution in [0.1, 0.15) is 5.82 Å². The standard InChI is InChI=1S/C11H13BrClN5O/c1-19-5-4-14-7-11-15-16-17-18(11)10-6-8(13)2-3-9(10)12/h2-3,6,14H,4-5,7H2,1H3. The number of benzene rings is 1. The summed E-state index contributed by atoms with van der Waals surface area (Å²) in [6.45, 7) is 1.93. The molecule has 0 aliphatic carbocycles. The molecule has 0 saturated heterocycles. The van der Waals surface area contributed by atoms with Crippen molar-refractivity contribution in [3.05, 3.63) is 33.5 Å². The molecule has 1 aromatic heterocycles. The molecule has 6 nitrogen and oxygen atoms in total. The first-order valence-corrected chi connectivity index (χ1v) is 6.82. The lowest BCUT2D eigenvalue weighted by Crippen LogP contribution is -2.21.